The molecule has 2 nitrogen and oxygen atoms in total. The lowest BCUT2D eigenvalue weighted by atomic mass is 9.86. The SMILES string of the molecule is CCC(CSC)N(C)CC1CCCCC1O. The summed E-state index contributed by atoms with van der Waals surface area (Å²) in [5.74, 6) is 1.71. The minimum atomic E-state index is -0.0528. The smallest absolute Gasteiger partial charge is 0.0580 e. The fourth-order valence-corrected chi connectivity index (χ4v) is 3.54. The monoisotopic (exact) mass is 245 g/mol. The summed E-state index contributed by atoms with van der Waals surface area (Å²) in [4.78, 5) is 2.45. The van der Waals surface area contributed by atoms with E-state index in [0.29, 0.717) is 12.0 Å². The van der Waals surface area contributed by atoms with E-state index in [1.165, 1.54) is 31.4 Å². The van der Waals surface area contributed by atoms with Crippen LogP contribution in [0.5, 0.6) is 0 Å². The molecular weight excluding hydrogens is 218 g/mol. The first-order chi connectivity index (χ1) is 7.69. The zero-order valence-electron chi connectivity index (χ0n) is 11.0. The lowest BCUT2D eigenvalue weighted by Gasteiger charge is -2.34. The third-order valence-corrected chi connectivity index (χ3v) is 4.56. The molecule has 0 aromatic heterocycles. The minimum absolute atomic E-state index is 0.0528. The van der Waals surface area contributed by atoms with Crippen molar-refractivity contribution in [2.24, 2.45) is 5.92 Å². The van der Waals surface area contributed by atoms with Gasteiger partial charge in [-0.2, -0.15) is 11.8 Å². The lowest BCUT2D eigenvalue weighted by Crippen LogP contribution is -2.41. The molecule has 0 aromatic carbocycles. The predicted molar refractivity (Wildman–Crippen MR) is 73.1 cm³/mol. The van der Waals surface area contributed by atoms with Gasteiger partial charge >= 0.3 is 0 Å². The molecule has 0 radical (unpaired) electrons. The number of hydrogen-bond donors (Lipinski definition) is 1. The maximum Gasteiger partial charge on any atom is 0.0580 e. The Morgan fingerprint density at radius 1 is 1.38 bits per heavy atom. The highest BCUT2D eigenvalue weighted by Crippen LogP contribution is 2.25. The zero-order chi connectivity index (χ0) is 12.0. The average Bonchev–Trinajstić information content (AvgIpc) is 2.29. The fourth-order valence-electron chi connectivity index (χ4n) is 2.67. The van der Waals surface area contributed by atoms with Crippen LogP contribution in [0.3, 0.4) is 0 Å². The minimum Gasteiger partial charge on any atom is -0.393 e. The van der Waals surface area contributed by atoms with Gasteiger partial charge in [-0.15, -0.1) is 0 Å². The van der Waals surface area contributed by atoms with E-state index in [-0.39, 0.29) is 6.10 Å². The van der Waals surface area contributed by atoms with Crippen LogP contribution in [0.4, 0.5) is 0 Å². The molecular formula is C13H27NOS. The van der Waals surface area contributed by atoms with Crippen LogP contribution in [0.2, 0.25) is 0 Å². The van der Waals surface area contributed by atoms with Crippen molar-refractivity contribution in [3.05, 3.63) is 0 Å². The highest BCUT2D eigenvalue weighted by atomic mass is 32.2. The summed E-state index contributed by atoms with van der Waals surface area (Å²) < 4.78 is 0. The Labute approximate surface area is 105 Å². The molecule has 0 heterocycles. The number of hydrogen-bond acceptors (Lipinski definition) is 3. The van der Waals surface area contributed by atoms with E-state index in [4.69, 9.17) is 0 Å². The van der Waals surface area contributed by atoms with Crippen LogP contribution in [0.15, 0.2) is 0 Å². The van der Waals surface area contributed by atoms with Gasteiger partial charge < -0.3 is 10.0 Å². The van der Waals surface area contributed by atoms with Crippen LogP contribution in [-0.4, -0.2) is 47.8 Å². The molecule has 1 rings (SSSR count). The number of nitrogens with zero attached hydrogens (tertiary/aromatic N) is 1. The largest absolute Gasteiger partial charge is 0.393 e. The summed E-state index contributed by atoms with van der Waals surface area (Å²) in [5.41, 5.74) is 0. The van der Waals surface area contributed by atoms with Crippen LogP contribution in [0.25, 0.3) is 0 Å². The molecule has 3 unspecified atom stereocenters. The van der Waals surface area contributed by atoms with Gasteiger partial charge in [-0.05, 0) is 38.5 Å². The molecule has 0 aliphatic heterocycles. The summed E-state index contributed by atoms with van der Waals surface area (Å²) in [5, 5.41) is 9.97. The molecule has 1 aliphatic carbocycles. The Balaban J connectivity index is 2.38. The molecule has 1 aliphatic rings. The Morgan fingerprint density at radius 3 is 2.62 bits per heavy atom. The van der Waals surface area contributed by atoms with Crippen molar-refractivity contribution >= 4 is 11.8 Å². The van der Waals surface area contributed by atoms with Crippen LogP contribution < -0.4 is 0 Å². The first-order valence-electron chi connectivity index (χ1n) is 6.56. The first-order valence-corrected chi connectivity index (χ1v) is 7.95. The number of aliphatic hydroxyl groups is 1. The van der Waals surface area contributed by atoms with Crippen molar-refractivity contribution in [2.45, 2.75) is 51.2 Å². The van der Waals surface area contributed by atoms with Gasteiger partial charge in [-0.25, -0.2) is 0 Å². The van der Waals surface area contributed by atoms with Gasteiger partial charge in [-0.1, -0.05) is 19.8 Å². The highest BCUT2D eigenvalue weighted by Gasteiger charge is 2.25. The lowest BCUT2D eigenvalue weighted by molar-refractivity contribution is 0.0448. The third-order valence-electron chi connectivity index (χ3n) is 3.85. The first kappa shape index (κ1) is 14.3. The van der Waals surface area contributed by atoms with E-state index in [1.807, 2.05) is 11.8 Å². The molecule has 1 fully saturated rings. The van der Waals surface area contributed by atoms with Gasteiger partial charge in [0.05, 0.1) is 6.10 Å². The second-order valence-electron chi connectivity index (χ2n) is 5.07. The van der Waals surface area contributed by atoms with Gasteiger partial charge in [0.1, 0.15) is 0 Å². The van der Waals surface area contributed by atoms with E-state index in [1.54, 1.807) is 0 Å². The summed E-state index contributed by atoms with van der Waals surface area (Å²) in [6, 6.07) is 0.670. The van der Waals surface area contributed by atoms with Crippen molar-refractivity contribution in [1.82, 2.24) is 4.90 Å². The maximum absolute atomic E-state index is 9.97. The zero-order valence-corrected chi connectivity index (χ0v) is 11.8. The van der Waals surface area contributed by atoms with Gasteiger partial charge in [0.25, 0.3) is 0 Å². The molecule has 0 aromatic rings. The van der Waals surface area contributed by atoms with Crippen molar-refractivity contribution in [3.8, 4) is 0 Å². The summed E-state index contributed by atoms with van der Waals surface area (Å²) in [7, 11) is 2.21. The van der Waals surface area contributed by atoms with Crippen LogP contribution >= 0.6 is 11.8 Å². The Bertz CT molecular complexity index is 189. The molecule has 0 bridgehead atoms. The third kappa shape index (κ3) is 4.27. The van der Waals surface area contributed by atoms with Crippen LogP contribution in [0.1, 0.15) is 39.0 Å². The highest BCUT2D eigenvalue weighted by molar-refractivity contribution is 7.98. The Hall–Kier alpha value is 0.270. The number of rotatable bonds is 6. The van der Waals surface area contributed by atoms with E-state index in [9.17, 15) is 5.11 Å². The molecule has 1 saturated carbocycles. The molecule has 0 amide bonds. The number of aliphatic hydroxyl groups excluding tert-OH is 1. The van der Waals surface area contributed by atoms with E-state index in [2.05, 4.69) is 25.1 Å². The van der Waals surface area contributed by atoms with Crippen LogP contribution in [-0.2, 0) is 0 Å². The average molecular weight is 245 g/mol. The Kier molecular flexibility index (Phi) is 6.78. The van der Waals surface area contributed by atoms with Gasteiger partial charge in [0.15, 0.2) is 0 Å². The van der Waals surface area contributed by atoms with Gasteiger partial charge in [-0.3, -0.25) is 0 Å². The quantitative estimate of drug-likeness (QED) is 0.778. The second kappa shape index (κ2) is 7.57. The predicted octanol–water partition coefficient (Wildman–Crippen LogP) is 2.61. The molecule has 3 atom stereocenters. The van der Waals surface area contributed by atoms with Gasteiger partial charge in [0, 0.05) is 18.3 Å². The molecule has 96 valence electrons. The summed E-state index contributed by atoms with van der Waals surface area (Å²) in [6.45, 7) is 3.33. The normalized spacial score (nSPS) is 28.3. The fraction of sp³-hybridized carbons (Fsp3) is 1.00. The van der Waals surface area contributed by atoms with E-state index >= 15 is 0 Å². The molecule has 0 saturated heterocycles. The maximum atomic E-state index is 9.97. The van der Waals surface area contributed by atoms with Crippen molar-refractivity contribution < 1.29 is 5.11 Å². The molecule has 0 spiro atoms. The van der Waals surface area contributed by atoms with Gasteiger partial charge in [0.2, 0.25) is 0 Å². The topological polar surface area (TPSA) is 23.5 Å². The second-order valence-corrected chi connectivity index (χ2v) is 5.98. The van der Waals surface area contributed by atoms with Crippen LogP contribution in [0, 0.1) is 5.92 Å². The van der Waals surface area contributed by atoms with E-state index in [0.717, 1.165) is 13.0 Å². The number of thioether (sulfide) groups is 1. The molecule has 3 heteroatoms. The summed E-state index contributed by atoms with van der Waals surface area (Å²) in [6.07, 6.45) is 8.06. The molecule has 16 heavy (non-hydrogen) atoms. The van der Waals surface area contributed by atoms with Crippen molar-refractivity contribution in [3.63, 3.8) is 0 Å². The summed E-state index contributed by atoms with van der Waals surface area (Å²) >= 11 is 1.92. The Morgan fingerprint density at radius 2 is 2.06 bits per heavy atom. The van der Waals surface area contributed by atoms with Crippen molar-refractivity contribution in [2.75, 3.05) is 25.6 Å². The standard InChI is InChI=1S/C13H27NOS/c1-4-12(10-16-3)14(2)9-11-7-5-6-8-13(11)15/h11-13,15H,4-10H2,1-3H3. The van der Waals surface area contributed by atoms with E-state index < -0.39 is 0 Å². The van der Waals surface area contributed by atoms with Crippen molar-refractivity contribution in [1.29, 1.82) is 0 Å². The molecule has 1 N–H and O–H groups in total.